The van der Waals surface area contributed by atoms with Gasteiger partial charge in [-0.2, -0.15) is 0 Å². The van der Waals surface area contributed by atoms with Gasteiger partial charge in [0.05, 0.1) is 13.1 Å². The molecule has 0 amide bonds. The van der Waals surface area contributed by atoms with Gasteiger partial charge >= 0.3 is 0 Å². The van der Waals surface area contributed by atoms with Crippen LogP contribution in [-0.4, -0.2) is 49.1 Å². The van der Waals surface area contributed by atoms with E-state index in [1.807, 2.05) is 0 Å². The number of hydrogen-bond acceptors (Lipinski definition) is 4. The largest absolute Gasteiger partial charge is 0.463 e. The van der Waals surface area contributed by atoms with Gasteiger partial charge in [0.15, 0.2) is 0 Å². The van der Waals surface area contributed by atoms with Gasteiger partial charge in [0, 0.05) is 6.04 Å². The topological polar surface area (TPSA) is 31.7 Å². The van der Waals surface area contributed by atoms with Crippen molar-refractivity contribution in [3.63, 3.8) is 0 Å². The molecule has 4 nitrogen and oxygen atoms in total. The molecular formula is C17H31N3O. The van der Waals surface area contributed by atoms with Gasteiger partial charge in [0.25, 0.3) is 0 Å². The van der Waals surface area contributed by atoms with Gasteiger partial charge in [-0.25, -0.2) is 0 Å². The van der Waals surface area contributed by atoms with Crippen LogP contribution in [-0.2, 0) is 13.1 Å². The average molecular weight is 293 g/mol. The fraction of sp³-hybridized carbons (Fsp3) is 0.765. The molecule has 2 rings (SSSR count). The molecule has 2 heterocycles. The van der Waals surface area contributed by atoms with Crippen LogP contribution in [0.15, 0.2) is 10.5 Å². The predicted molar refractivity (Wildman–Crippen MR) is 87.4 cm³/mol. The summed E-state index contributed by atoms with van der Waals surface area (Å²) in [5.74, 6) is 2.18. The molecule has 4 heteroatoms. The highest BCUT2D eigenvalue weighted by atomic mass is 16.3. The molecule has 1 aromatic heterocycles. The van der Waals surface area contributed by atoms with E-state index in [4.69, 9.17) is 4.42 Å². The highest BCUT2D eigenvalue weighted by Gasteiger charge is 2.22. The Bertz CT molecular complexity index is 422. The van der Waals surface area contributed by atoms with Crippen LogP contribution >= 0.6 is 0 Å². The summed E-state index contributed by atoms with van der Waals surface area (Å²) in [5, 5.41) is 3.33. The number of rotatable bonds is 7. The summed E-state index contributed by atoms with van der Waals surface area (Å²) < 4.78 is 6.01. The van der Waals surface area contributed by atoms with Gasteiger partial charge in [-0.1, -0.05) is 13.8 Å². The van der Waals surface area contributed by atoms with Gasteiger partial charge in [-0.15, -0.1) is 0 Å². The third kappa shape index (κ3) is 4.56. The predicted octanol–water partition coefficient (Wildman–Crippen LogP) is 2.61. The molecule has 0 atom stereocenters. The third-order valence-corrected chi connectivity index (χ3v) is 4.64. The molecule has 0 bridgehead atoms. The van der Waals surface area contributed by atoms with Crippen LogP contribution in [0.3, 0.4) is 0 Å². The maximum atomic E-state index is 6.01. The lowest BCUT2D eigenvalue weighted by Gasteiger charge is -2.35. The van der Waals surface area contributed by atoms with E-state index < -0.39 is 0 Å². The summed E-state index contributed by atoms with van der Waals surface area (Å²) in [4.78, 5) is 5.00. The first-order valence-corrected chi connectivity index (χ1v) is 8.35. The van der Waals surface area contributed by atoms with Crippen molar-refractivity contribution >= 4 is 0 Å². The summed E-state index contributed by atoms with van der Waals surface area (Å²) in [6, 6.07) is 2.89. The lowest BCUT2D eigenvalue weighted by atomic mass is 10.0. The normalized spacial score (nSPS) is 17.8. The molecule has 0 unspecified atom stereocenters. The Hall–Kier alpha value is -0.840. The maximum absolute atomic E-state index is 6.01. The smallest absolute Gasteiger partial charge is 0.120 e. The molecule has 0 aliphatic carbocycles. The summed E-state index contributed by atoms with van der Waals surface area (Å²) in [6.45, 7) is 12.9. The second-order valence-corrected chi connectivity index (χ2v) is 6.18. The summed E-state index contributed by atoms with van der Waals surface area (Å²) in [7, 11) is 2.23. The van der Waals surface area contributed by atoms with Crippen molar-refractivity contribution in [2.45, 2.75) is 52.7 Å². The number of likely N-dealkylation sites (tertiary alicyclic amines) is 1. The van der Waals surface area contributed by atoms with Crippen LogP contribution < -0.4 is 5.32 Å². The zero-order valence-electron chi connectivity index (χ0n) is 14.1. The lowest BCUT2D eigenvalue weighted by molar-refractivity contribution is 0.121. The summed E-state index contributed by atoms with van der Waals surface area (Å²) in [5.41, 5.74) is 1.26. The number of furan rings is 1. The molecule has 1 saturated heterocycles. The molecule has 0 radical (unpaired) electrons. The van der Waals surface area contributed by atoms with Crippen molar-refractivity contribution in [3.8, 4) is 0 Å². The maximum Gasteiger partial charge on any atom is 0.120 e. The van der Waals surface area contributed by atoms with Crippen LogP contribution in [0.4, 0.5) is 0 Å². The van der Waals surface area contributed by atoms with E-state index >= 15 is 0 Å². The Labute approximate surface area is 129 Å². The quantitative estimate of drug-likeness (QED) is 0.837. The SMILES string of the molecule is CCNCc1oc(CN(C)C2CCN(CC)CC2)cc1C. The highest BCUT2D eigenvalue weighted by Crippen LogP contribution is 2.20. The molecule has 0 saturated carbocycles. The first-order chi connectivity index (χ1) is 10.1. The molecule has 0 spiro atoms. The van der Waals surface area contributed by atoms with Crippen LogP contribution in [0.2, 0.25) is 0 Å². The Morgan fingerprint density at radius 2 is 2.05 bits per heavy atom. The van der Waals surface area contributed by atoms with E-state index in [0.717, 1.165) is 31.2 Å². The van der Waals surface area contributed by atoms with Crippen molar-refractivity contribution in [3.05, 3.63) is 23.2 Å². The fourth-order valence-corrected chi connectivity index (χ4v) is 3.13. The third-order valence-electron chi connectivity index (χ3n) is 4.64. The van der Waals surface area contributed by atoms with Crippen molar-refractivity contribution in [1.82, 2.24) is 15.1 Å². The number of hydrogen-bond donors (Lipinski definition) is 1. The molecule has 1 aliphatic rings. The zero-order chi connectivity index (χ0) is 15.2. The Balaban J connectivity index is 1.86. The molecule has 0 aromatic carbocycles. The van der Waals surface area contributed by atoms with Gasteiger partial charge in [-0.3, -0.25) is 4.90 Å². The van der Waals surface area contributed by atoms with Crippen LogP contribution in [0.5, 0.6) is 0 Å². The summed E-state index contributed by atoms with van der Waals surface area (Å²) in [6.07, 6.45) is 2.54. The summed E-state index contributed by atoms with van der Waals surface area (Å²) >= 11 is 0. The van der Waals surface area contributed by atoms with E-state index in [2.05, 4.69) is 49.0 Å². The second kappa shape index (κ2) is 7.97. The molecule has 21 heavy (non-hydrogen) atoms. The fourth-order valence-electron chi connectivity index (χ4n) is 3.13. The Morgan fingerprint density at radius 3 is 2.67 bits per heavy atom. The lowest BCUT2D eigenvalue weighted by Crippen LogP contribution is -2.42. The van der Waals surface area contributed by atoms with Gasteiger partial charge < -0.3 is 14.6 Å². The Morgan fingerprint density at radius 1 is 1.33 bits per heavy atom. The van der Waals surface area contributed by atoms with E-state index in [-0.39, 0.29) is 0 Å². The van der Waals surface area contributed by atoms with Crippen molar-refractivity contribution in [2.24, 2.45) is 0 Å². The van der Waals surface area contributed by atoms with Gasteiger partial charge in [0.2, 0.25) is 0 Å². The Kier molecular flexibility index (Phi) is 6.27. The minimum Gasteiger partial charge on any atom is -0.463 e. The van der Waals surface area contributed by atoms with Gasteiger partial charge in [0.1, 0.15) is 11.5 Å². The van der Waals surface area contributed by atoms with Crippen molar-refractivity contribution < 1.29 is 4.42 Å². The number of piperidine rings is 1. The number of aryl methyl sites for hydroxylation is 1. The minimum absolute atomic E-state index is 0.690. The molecular weight excluding hydrogens is 262 g/mol. The second-order valence-electron chi connectivity index (χ2n) is 6.18. The first-order valence-electron chi connectivity index (χ1n) is 8.35. The molecule has 120 valence electrons. The minimum atomic E-state index is 0.690. The monoisotopic (exact) mass is 293 g/mol. The van der Waals surface area contributed by atoms with E-state index in [0.29, 0.717) is 6.04 Å². The standard InChI is InChI=1S/C17H31N3O/c1-5-18-12-17-14(3)11-16(21-17)13-19(4)15-7-9-20(6-2)10-8-15/h11,15,18H,5-10,12-13H2,1-4H3. The van der Waals surface area contributed by atoms with E-state index in [1.54, 1.807) is 0 Å². The molecule has 1 N–H and O–H groups in total. The van der Waals surface area contributed by atoms with Crippen molar-refractivity contribution in [1.29, 1.82) is 0 Å². The van der Waals surface area contributed by atoms with Gasteiger partial charge in [-0.05, 0) is 64.6 Å². The number of nitrogens with zero attached hydrogens (tertiary/aromatic N) is 2. The zero-order valence-corrected chi connectivity index (χ0v) is 14.1. The average Bonchev–Trinajstić information content (AvgIpc) is 2.84. The number of nitrogens with one attached hydrogen (secondary N) is 1. The van der Waals surface area contributed by atoms with Crippen LogP contribution in [0.25, 0.3) is 0 Å². The van der Waals surface area contributed by atoms with Crippen molar-refractivity contribution in [2.75, 3.05) is 33.2 Å². The van der Waals surface area contributed by atoms with E-state index in [9.17, 15) is 0 Å². The highest BCUT2D eigenvalue weighted by molar-refractivity contribution is 5.20. The molecule has 1 aliphatic heterocycles. The molecule has 1 aromatic rings. The first kappa shape index (κ1) is 16.5. The van der Waals surface area contributed by atoms with E-state index in [1.165, 1.54) is 38.0 Å². The van der Waals surface area contributed by atoms with Crippen LogP contribution in [0.1, 0.15) is 43.8 Å². The molecule has 1 fully saturated rings. The van der Waals surface area contributed by atoms with Crippen LogP contribution in [0, 0.1) is 6.92 Å².